The minimum absolute atomic E-state index is 0.589. The van der Waals surface area contributed by atoms with Gasteiger partial charge in [-0.15, -0.1) is 0 Å². The molecular weight excluding hydrogens is 198 g/mol. The van der Waals surface area contributed by atoms with Gasteiger partial charge in [-0.05, 0) is 30.9 Å². The molecule has 0 aromatic carbocycles. The Morgan fingerprint density at radius 2 is 2.12 bits per heavy atom. The highest BCUT2D eigenvalue weighted by atomic mass is 15.2. The third-order valence-corrected chi connectivity index (χ3v) is 3.71. The molecule has 2 rings (SSSR count). The van der Waals surface area contributed by atoms with Crippen LogP contribution in [0.25, 0.3) is 0 Å². The van der Waals surface area contributed by atoms with E-state index in [0.29, 0.717) is 6.04 Å². The molecule has 0 bridgehead atoms. The normalized spacial score (nSPS) is 25.4. The lowest BCUT2D eigenvalue weighted by molar-refractivity contribution is 0.321. The van der Waals surface area contributed by atoms with E-state index in [1.165, 1.54) is 25.7 Å². The average Bonchev–Trinajstić information content (AvgIpc) is 2.29. The lowest BCUT2D eigenvalue weighted by Crippen LogP contribution is -2.39. The van der Waals surface area contributed by atoms with E-state index in [-0.39, 0.29) is 0 Å². The molecule has 0 aliphatic heterocycles. The van der Waals surface area contributed by atoms with Gasteiger partial charge in [0.2, 0.25) is 0 Å². The van der Waals surface area contributed by atoms with Crippen LogP contribution in [-0.2, 0) is 0 Å². The van der Waals surface area contributed by atoms with Crippen molar-refractivity contribution in [3.05, 3.63) is 18.3 Å². The molecule has 2 N–H and O–H groups in total. The van der Waals surface area contributed by atoms with Crippen molar-refractivity contribution in [3.8, 4) is 0 Å². The summed E-state index contributed by atoms with van der Waals surface area (Å²) in [7, 11) is 2.12. The first-order valence-electron chi connectivity index (χ1n) is 6.13. The van der Waals surface area contributed by atoms with Crippen LogP contribution in [0.3, 0.4) is 0 Å². The molecule has 1 aromatic heterocycles. The third kappa shape index (κ3) is 2.13. The van der Waals surface area contributed by atoms with Crippen molar-refractivity contribution in [1.82, 2.24) is 4.98 Å². The molecule has 1 heterocycles. The van der Waals surface area contributed by atoms with Crippen LogP contribution in [0.5, 0.6) is 0 Å². The number of rotatable bonds is 2. The predicted octanol–water partition coefficient (Wildman–Crippen LogP) is 2.68. The van der Waals surface area contributed by atoms with E-state index >= 15 is 0 Å². The van der Waals surface area contributed by atoms with Crippen molar-refractivity contribution < 1.29 is 0 Å². The summed E-state index contributed by atoms with van der Waals surface area (Å²) in [6, 6.07) is 4.40. The second kappa shape index (κ2) is 4.73. The van der Waals surface area contributed by atoms with E-state index in [9.17, 15) is 0 Å². The van der Waals surface area contributed by atoms with E-state index in [0.717, 1.165) is 17.4 Å². The lowest BCUT2D eigenvalue weighted by atomic mass is 9.85. The third-order valence-electron chi connectivity index (χ3n) is 3.71. The van der Waals surface area contributed by atoms with Crippen LogP contribution in [0.2, 0.25) is 0 Å². The molecule has 3 nitrogen and oxygen atoms in total. The second-order valence-corrected chi connectivity index (χ2v) is 4.86. The summed E-state index contributed by atoms with van der Waals surface area (Å²) in [4.78, 5) is 6.65. The van der Waals surface area contributed by atoms with Crippen molar-refractivity contribution >= 4 is 11.5 Å². The zero-order chi connectivity index (χ0) is 11.5. The highest BCUT2D eigenvalue weighted by molar-refractivity contribution is 5.62. The predicted molar refractivity (Wildman–Crippen MR) is 68.5 cm³/mol. The number of nitrogen functional groups attached to an aromatic ring is 1. The smallest absolute Gasteiger partial charge is 0.151 e. The van der Waals surface area contributed by atoms with Gasteiger partial charge in [-0.3, -0.25) is 0 Å². The highest BCUT2D eigenvalue weighted by Crippen LogP contribution is 2.31. The molecule has 1 aliphatic rings. The van der Waals surface area contributed by atoms with E-state index in [2.05, 4.69) is 23.9 Å². The van der Waals surface area contributed by atoms with Gasteiger partial charge in [-0.25, -0.2) is 4.98 Å². The van der Waals surface area contributed by atoms with Gasteiger partial charge in [-0.2, -0.15) is 0 Å². The summed E-state index contributed by atoms with van der Waals surface area (Å²) >= 11 is 0. The second-order valence-electron chi connectivity index (χ2n) is 4.86. The summed E-state index contributed by atoms with van der Waals surface area (Å²) in [5.41, 5.74) is 6.75. The fourth-order valence-corrected chi connectivity index (χ4v) is 2.73. The van der Waals surface area contributed by atoms with Crippen LogP contribution in [0.1, 0.15) is 32.6 Å². The molecule has 0 amide bonds. The molecule has 1 aromatic rings. The van der Waals surface area contributed by atoms with E-state index in [1.54, 1.807) is 0 Å². The number of hydrogen-bond donors (Lipinski definition) is 1. The van der Waals surface area contributed by atoms with Crippen LogP contribution >= 0.6 is 0 Å². The molecule has 2 unspecified atom stereocenters. The number of hydrogen-bond acceptors (Lipinski definition) is 3. The van der Waals surface area contributed by atoms with Gasteiger partial charge in [0.1, 0.15) is 0 Å². The first-order valence-corrected chi connectivity index (χ1v) is 6.13. The number of pyridine rings is 1. The minimum Gasteiger partial charge on any atom is -0.396 e. The molecule has 1 aliphatic carbocycles. The van der Waals surface area contributed by atoms with Crippen LogP contribution in [0.15, 0.2) is 18.3 Å². The van der Waals surface area contributed by atoms with Crippen LogP contribution < -0.4 is 10.6 Å². The van der Waals surface area contributed by atoms with E-state index in [1.807, 2.05) is 18.3 Å². The van der Waals surface area contributed by atoms with Gasteiger partial charge in [0.05, 0.1) is 5.69 Å². The molecule has 0 radical (unpaired) electrons. The molecule has 1 fully saturated rings. The Kier molecular flexibility index (Phi) is 3.32. The zero-order valence-electron chi connectivity index (χ0n) is 10.2. The Hall–Kier alpha value is -1.25. The number of aromatic nitrogens is 1. The molecule has 0 saturated heterocycles. The SMILES string of the molecule is CC1CCCCC1N(C)c1ncccc1N. The summed E-state index contributed by atoms with van der Waals surface area (Å²) < 4.78 is 0. The average molecular weight is 219 g/mol. The molecule has 0 spiro atoms. The summed E-state index contributed by atoms with van der Waals surface area (Å²) in [5, 5.41) is 0. The summed E-state index contributed by atoms with van der Waals surface area (Å²) in [6.45, 7) is 2.33. The largest absolute Gasteiger partial charge is 0.396 e. The van der Waals surface area contributed by atoms with Crippen LogP contribution in [-0.4, -0.2) is 18.1 Å². The first kappa shape index (κ1) is 11.2. The van der Waals surface area contributed by atoms with Crippen molar-refractivity contribution in [2.24, 2.45) is 5.92 Å². The van der Waals surface area contributed by atoms with Gasteiger partial charge < -0.3 is 10.6 Å². The fraction of sp³-hybridized carbons (Fsp3) is 0.615. The minimum atomic E-state index is 0.589. The summed E-state index contributed by atoms with van der Waals surface area (Å²) in [5.74, 6) is 1.67. The van der Waals surface area contributed by atoms with Crippen LogP contribution in [0.4, 0.5) is 11.5 Å². The van der Waals surface area contributed by atoms with Crippen LogP contribution in [0, 0.1) is 5.92 Å². The van der Waals surface area contributed by atoms with Gasteiger partial charge in [-0.1, -0.05) is 19.8 Å². The zero-order valence-corrected chi connectivity index (χ0v) is 10.2. The standard InChI is InChI=1S/C13H21N3/c1-10-6-3-4-8-12(10)16(2)13-11(14)7-5-9-15-13/h5,7,9-10,12H,3-4,6,8,14H2,1-2H3. The Morgan fingerprint density at radius 3 is 2.81 bits per heavy atom. The number of nitrogens with two attached hydrogens (primary N) is 1. The van der Waals surface area contributed by atoms with Crippen molar-refractivity contribution in [2.45, 2.75) is 38.6 Å². The Bertz CT molecular complexity index is 351. The maximum absolute atomic E-state index is 5.97. The molecule has 2 atom stereocenters. The van der Waals surface area contributed by atoms with Crippen molar-refractivity contribution in [1.29, 1.82) is 0 Å². The van der Waals surface area contributed by atoms with Gasteiger partial charge in [0.15, 0.2) is 5.82 Å². The van der Waals surface area contributed by atoms with E-state index in [4.69, 9.17) is 5.73 Å². The fourth-order valence-electron chi connectivity index (χ4n) is 2.73. The monoisotopic (exact) mass is 219 g/mol. The molecule has 88 valence electrons. The lowest BCUT2D eigenvalue weighted by Gasteiger charge is -2.37. The number of anilines is 2. The summed E-state index contributed by atoms with van der Waals surface area (Å²) in [6.07, 6.45) is 7.08. The quantitative estimate of drug-likeness (QED) is 0.831. The number of nitrogens with zero attached hydrogens (tertiary/aromatic N) is 2. The Morgan fingerprint density at radius 1 is 1.38 bits per heavy atom. The van der Waals surface area contributed by atoms with Gasteiger partial charge in [0.25, 0.3) is 0 Å². The van der Waals surface area contributed by atoms with Crippen molar-refractivity contribution in [2.75, 3.05) is 17.7 Å². The molecule has 3 heteroatoms. The van der Waals surface area contributed by atoms with Gasteiger partial charge in [0, 0.05) is 19.3 Å². The van der Waals surface area contributed by atoms with E-state index < -0.39 is 0 Å². The Labute approximate surface area is 97.7 Å². The maximum Gasteiger partial charge on any atom is 0.151 e. The first-order chi connectivity index (χ1) is 7.70. The molecular formula is C13H21N3. The topological polar surface area (TPSA) is 42.2 Å². The van der Waals surface area contributed by atoms with Crippen molar-refractivity contribution in [3.63, 3.8) is 0 Å². The highest BCUT2D eigenvalue weighted by Gasteiger charge is 2.26. The molecule has 1 saturated carbocycles. The van der Waals surface area contributed by atoms with Gasteiger partial charge >= 0.3 is 0 Å². The Balaban J connectivity index is 2.17. The maximum atomic E-state index is 5.97. The molecule has 16 heavy (non-hydrogen) atoms.